The molecule has 1 fully saturated rings. The number of rotatable bonds is 4. The lowest BCUT2D eigenvalue weighted by molar-refractivity contribution is 0.776. The molecule has 3 N–H and O–H groups in total. The van der Waals surface area contributed by atoms with Crippen molar-refractivity contribution in [2.24, 2.45) is 5.92 Å². The molecule has 0 atom stereocenters. The van der Waals surface area contributed by atoms with Gasteiger partial charge in [0, 0.05) is 26.7 Å². The lowest BCUT2D eigenvalue weighted by atomic mass is 10.4. The van der Waals surface area contributed by atoms with Crippen LogP contribution in [0.15, 0.2) is 6.07 Å². The van der Waals surface area contributed by atoms with Gasteiger partial charge in [0.15, 0.2) is 0 Å². The van der Waals surface area contributed by atoms with Crippen molar-refractivity contribution in [2.45, 2.75) is 12.8 Å². The summed E-state index contributed by atoms with van der Waals surface area (Å²) in [5, 5.41) is 2.97. The Morgan fingerprint density at radius 2 is 2.27 bits per heavy atom. The zero-order valence-electron chi connectivity index (χ0n) is 9.20. The van der Waals surface area contributed by atoms with Crippen LogP contribution in [0.3, 0.4) is 0 Å². The molecule has 1 aliphatic rings. The molecule has 15 heavy (non-hydrogen) atoms. The van der Waals surface area contributed by atoms with E-state index in [2.05, 4.69) is 20.2 Å². The third-order valence-corrected chi connectivity index (χ3v) is 2.61. The maximum Gasteiger partial charge on any atom is 0.223 e. The molecule has 0 unspecified atom stereocenters. The molecule has 0 amide bonds. The molecule has 1 aromatic rings. The molecule has 1 aliphatic carbocycles. The highest BCUT2D eigenvalue weighted by Crippen LogP contribution is 2.30. The van der Waals surface area contributed by atoms with E-state index in [1.165, 1.54) is 12.8 Å². The van der Waals surface area contributed by atoms with Gasteiger partial charge in [0.2, 0.25) is 5.95 Å². The first-order chi connectivity index (χ1) is 7.19. The van der Waals surface area contributed by atoms with Crippen molar-refractivity contribution in [3.8, 4) is 0 Å². The van der Waals surface area contributed by atoms with Gasteiger partial charge in [0.1, 0.15) is 11.6 Å². The van der Waals surface area contributed by atoms with Gasteiger partial charge in [0.25, 0.3) is 0 Å². The average Bonchev–Trinajstić information content (AvgIpc) is 3.00. The summed E-state index contributed by atoms with van der Waals surface area (Å²) in [4.78, 5) is 10.4. The van der Waals surface area contributed by atoms with E-state index in [0.29, 0.717) is 5.95 Å². The lowest BCUT2D eigenvalue weighted by Gasteiger charge is -2.18. The predicted octanol–water partition coefficient (Wildman–Crippen LogP) is 0.947. The van der Waals surface area contributed by atoms with Crippen molar-refractivity contribution in [3.05, 3.63) is 6.07 Å². The number of anilines is 3. The zero-order chi connectivity index (χ0) is 10.8. The van der Waals surface area contributed by atoms with E-state index in [0.717, 1.165) is 24.1 Å². The summed E-state index contributed by atoms with van der Waals surface area (Å²) in [7, 11) is 3.87. The Kier molecular flexibility index (Phi) is 2.62. The first-order valence-corrected chi connectivity index (χ1v) is 5.22. The molecule has 5 nitrogen and oxygen atoms in total. The van der Waals surface area contributed by atoms with E-state index in [9.17, 15) is 0 Å². The topological polar surface area (TPSA) is 67.1 Å². The van der Waals surface area contributed by atoms with Crippen molar-refractivity contribution < 1.29 is 0 Å². The minimum Gasteiger partial charge on any atom is -0.373 e. The molecule has 1 aromatic heterocycles. The van der Waals surface area contributed by atoms with E-state index in [4.69, 9.17) is 5.73 Å². The lowest BCUT2D eigenvalue weighted by Crippen LogP contribution is -2.21. The fourth-order valence-corrected chi connectivity index (χ4v) is 1.56. The van der Waals surface area contributed by atoms with Crippen molar-refractivity contribution in [1.82, 2.24) is 9.97 Å². The first-order valence-electron chi connectivity index (χ1n) is 5.22. The van der Waals surface area contributed by atoms with E-state index >= 15 is 0 Å². The van der Waals surface area contributed by atoms with Crippen LogP contribution in [-0.2, 0) is 0 Å². The first kappa shape index (κ1) is 10.0. The van der Waals surface area contributed by atoms with Crippen LogP contribution in [-0.4, -0.2) is 30.6 Å². The maximum atomic E-state index is 5.63. The number of aromatic nitrogens is 2. The van der Waals surface area contributed by atoms with Crippen molar-refractivity contribution >= 4 is 17.6 Å². The molecule has 0 saturated heterocycles. The highest BCUT2D eigenvalue weighted by molar-refractivity contribution is 5.51. The highest BCUT2D eigenvalue weighted by atomic mass is 15.2. The van der Waals surface area contributed by atoms with Crippen LogP contribution in [0.2, 0.25) is 0 Å². The van der Waals surface area contributed by atoms with Gasteiger partial charge in [-0.25, -0.2) is 0 Å². The number of hydrogen-bond donors (Lipinski definition) is 2. The van der Waals surface area contributed by atoms with Crippen LogP contribution in [0, 0.1) is 5.92 Å². The summed E-state index contributed by atoms with van der Waals surface area (Å²) in [5.74, 6) is 2.81. The van der Waals surface area contributed by atoms with Gasteiger partial charge in [-0.15, -0.1) is 0 Å². The van der Waals surface area contributed by atoms with Gasteiger partial charge in [-0.3, -0.25) is 0 Å². The van der Waals surface area contributed by atoms with Gasteiger partial charge in [-0.2, -0.15) is 9.97 Å². The largest absolute Gasteiger partial charge is 0.373 e. The molecule has 2 rings (SSSR count). The minimum absolute atomic E-state index is 0.319. The van der Waals surface area contributed by atoms with Gasteiger partial charge in [-0.05, 0) is 18.8 Å². The summed E-state index contributed by atoms with van der Waals surface area (Å²) in [5.41, 5.74) is 5.63. The molecular weight excluding hydrogens is 190 g/mol. The van der Waals surface area contributed by atoms with Gasteiger partial charge >= 0.3 is 0 Å². The number of nitrogen functional groups attached to an aromatic ring is 1. The second-order valence-corrected chi connectivity index (χ2v) is 4.04. The van der Waals surface area contributed by atoms with E-state index in [-0.39, 0.29) is 0 Å². The summed E-state index contributed by atoms with van der Waals surface area (Å²) in [6.07, 6.45) is 2.67. The minimum atomic E-state index is 0.319. The van der Waals surface area contributed by atoms with E-state index in [1.54, 1.807) is 0 Å². The maximum absolute atomic E-state index is 5.63. The molecule has 0 radical (unpaired) electrons. The molecule has 5 heteroatoms. The Hall–Kier alpha value is -1.52. The van der Waals surface area contributed by atoms with Gasteiger partial charge < -0.3 is 16.0 Å². The number of nitrogens with zero attached hydrogens (tertiary/aromatic N) is 3. The molecule has 1 heterocycles. The molecule has 0 bridgehead atoms. The van der Waals surface area contributed by atoms with E-state index < -0.39 is 0 Å². The molecule has 82 valence electrons. The van der Waals surface area contributed by atoms with Crippen LogP contribution in [0.5, 0.6) is 0 Å². The Morgan fingerprint density at radius 3 is 2.87 bits per heavy atom. The Bertz CT molecular complexity index is 348. The SMILES string of the molecule is CNc1cc(N(C)CC2CC2)nc(N)n1. The standard InChI is InChI=1S/C10H17N5/c1-12-8-5-9(14-10(11)13-8)15(2)6-7-3-4-7/h5,7H,3-4,6H2,1-2H3,(H3,11,12,13,14). The van der Waals surface area contributed by atoms with Crippen LogP contribution >= 0.6 is 0 Å². The quantitative estimate of drug-likeness (QED) is 0.769. The molecule has 0 aliphatic heterocycles. The summed E-state index contributed by atoms with van der Waals surface area (Å²) in [6.45, 7) is 1.06. The molecule has 1 saturated carbocycles. The summed E-state index contributed by atoms with van der Waals surface area (Å²) < 4.78 is 0. The monoisotopic (exact) mass is 207 g/mol. The Balaban J connectivity index is 2.13. The van der Waals surface area contributed by atoms with Crippen LogP contribution in [0.1, 0.15) is 12.8 Å². The fourth-order valence-electron chi connectivity index (χ4n) is 1.56. The van der Waals surface area contributed by atoms with E-state index in [1.807, 2.05) is 20.2 Å². The third-order valence-electron chi connectivity index (χ3n) is 2.61. The molecular formula is C10H17N5. The van der Waals surface area contributed by atoms with Crippen LogP contribution < -0.4 is 16.0 Å². The Labute approximate surface area is 89.7 Å². The molecule has 0 aromatic carbocycles. The fraction of sp³-hybridized carbons (Fsp3) is 0.600. The zero-order valence-corrected chi connectivity index (χ0v) is 9.20. The number of nitrogens with two attached hydrogens (primary N) is 1. The van der Waals surface area contributed by atoms with Crippen molar-refractivity contribution in [1.29, 1.82) is 0 Å². The smallest absolute Gasteiger partial charge is 0.223 e. The second kappa shape index (κ2) is 3.92. The van der Waals surface area contributed by atoms with Crippen LogP contribution in [0.4, 0.5) is 17.6 Å². The second-order valence-electron chi connectivity index (χ2n) is 4.04. The highest BCUT2D eigenvalue weighted by Gasteiger charge is 2.23. The van der Waals surface area contributed by atoms with Crippen molar-refractivity contribution in [3.63, 3.8) is 0 Å². The molecule has 0 spiro atoms. The van der Waals surface area contributed by atoms with Gasteiger partial charge in [0.05, 0.1) is 0 Å². The summed E-state index contributed by atoms with van der Waals surface area (Å²) >= 11 is 0. The average molecular weight is 207 g/mol. The van der Waals surface area contributed by atoms with Gasteiger partial charge in [-0.1, -0.05) is 0 Å². The Morgan fingerprint density at radius 1 is 1.53 bits per heavy atom. The van der Waals surface area contributed by atoms with Crippen LogP contribution in [0.25, 0.3) is 0 Å². The number of nitrogens with one attached hydrogen (secondary N) is 1. The predicted molar refractivity (Wildman–Crippen MR) is 62.0 cm³/mol. The van der Waals surface area contributed by atoms with Crippen molar-refractivity contribution in [2.75, 3.05) is 36.6 Å². The summed E-state index contributed by atoms with van der Waals surface area (Å²) in [6, 6.07) is 1.92. The normalized spacial score (nSPS) is 15.1. The number of hydrogen-bond acceptors (Lipinski definition) is 5. The third kappa shape index (κ3) is 2.49.